The fraction of sp³-hybridized carbons (Fsp3) is 0.250. The number of benzene rings is 2. The van der Waals surface area contributed by atoms with Crippen LogP contribution in [0.25, 0.3) is 0 Å². The summed E-state index contributed by atoms with van der Waals surface area (Å²) in [5.74, 6) is -0.396. The van der Waals surface area contributed by atoms with E-state index in [-0.39, 0.29) is 5.02 Å². The SMILES string of the molecule is CCOCc1ccccc1NCc1ccc(F)c(Cl)c1. The number of halogens is 2. The summed E-state index contributed by atoms with van der Waals surface area (Å²) in [5.41, 5.74) is 3.05. The van der Waals surface area contributed by atoms with E-state index in [1.165, 1.54) is 6.07 Å². The lowest BCUT2D eigenvalue weighted by Crippen LogP contribution is -2.03. The monoisotopic (exact) mass is 293 g/mol. The molecule has 0 aliphatic carbocycles. The van der Waals surface area contributed by atoms with Gasteiger partial charge >= 0.3 is 0 Å². The molecule has 0 heterocycles. The van der Waals surface area contributed by atoms with Gasteiger partial charge in [-0.15, -0.1) is 0 Å². The molecule has 0 amide bonds. The van der Waals surface area contributed by atoms with E-state index < -0.39 is 5.82 Å². The third kappa shape index (κ3) is 3.95. The molecule has 2 aromatic carbocycles. The van der Waals surface area contributed by atoms with Crippen LogP contribution in [0, 0.1) is 5.82 Å². The Morgan fingerprint density at radius 3 is 2.75 bits per heavy atom. The van der Waals surface area contributed by atoms with Crippen molar-refractivity contribution in [2.75, 3.05) is 11.9 Å². The summed E-state index contributed by atoms with van der Waals surface area (Å²) in [7, 11) is 0. The molecule has 4 heteroatoms. The summed E-state index contributed by atoms with van der Waals surface area (Å²) < 4.78 is 18.5. The fourth-order valence-corrected chi connectivity index (χ4v) is 2.08. The van der Waals surface area contributed by atoms with Crippen LogP contribution in [0.5, 0.6) is 0 Å². The highest BCUT2D eigenvalue weighted by atomic mass is 35.5. The van der Waals surface area contributed by atoms with Crippen molar-refractivity contribution in [2.45, 2.75) is 20.1 Å². The third-order valence-corrected chi connectivity index (χ3v) is 3.24. The second-order valence-electron chi connectivity index (χ2n) is 4.40. The zero-order valence-corrected chi connectivity index (χ0v) is 12.1. The van der Waals surface area contributed by atoms with Crippen molar-refractivity contribution in [1.82, 2.24) is 0 Å². The van der Waals surface area contributed by atoms with Gasteiger partial charge in [-0.2, -0.15) is 0 Å². The van der Waals surface area contributed by atoms with E-state index >= 15 is 0 Å². The maximum atomic E-state index is 13.1. The first-order valence-corrected chi connectivity index (χ1v) is 6.92. The van der Waals surface area contributed by atoms with Crippen LogP contribution in [0.4, 0.5) is 10.1 Å². The van der Waals surface area contributed by atoms with Gasteiger partial charge in [-0.1, -0.05) is 35.9 Å². The lowest BCUT2D eigenvalue weighted by molar-refractivity contribution is 0.134. The average Bonchev–Trinajstić information content (AvgIpc) is 2.47. The van der Waals surface area contributed by atoms with Gasteiger partial charge in [0.15, 0.2) is 0 Å². The quantitative estimate of drug-likeness (QED) is 0.838. The largest absolute Gasteiger partial charge is 0.381 e. The van der Waals surface area contributed by atoms with E-state index in [9.17, 15) is 4.39 Å². The molecule has 20 heavy (non-hydrogen) atoms. The minimum absolute atomic E-state index is 0.145. The number of nitrogens with one attached hydrogen (secondary N) is 1. The second kappa shape index (κ2) is 7.27. The molecule has 0 aliphatic heterocycles. The summed E-state index contributed by atoms with van der Waals surface area (Å²) in [6.07, 6.45) is 0. The Balaban J connectivity index is 2.04. The summed E-state index contributed by atoms with van der Waals surface area (Å²) >= 11 is 5.77. The molecule has 1 N–H and O–H groups in total. The number of anilines is 1. The van der Waals surface area contributed by atoms with Crippen molar-refractivity contribution >= 4 is 17.3 Å². The predicted octanol–water partition coefficient (Wildman–Crippen LogP) is 4.63. The van der Waals surface area contributed by atoms with Crippen molar-refractivity contribution in [1.29, 1.82) is 0 Å². The lowest BCUT2D eigenvalue weighted by atomic mass is 10.1. The van der Waals surface area contributed by atoms with Gasteiger partial charge < -0.3 is 10.1 Å². The van der Waals surface area contributed by atoms with Crippen LogP contribution in [0.2, 0.25) is 5.02 Å². The van der Waals surface area contributed by atoms with Gasteiger partial charge in [0.2, 0.25) is 0 Å². The van der Waals surface area contributed by atoms with Crippen LogP contribution in [0.1, 0.15) is 18.1 Å². The van der Waals surface area contributed by atoms with Crippen molar-refractivity contribution in [3.05, 3.63) is 64.4 Å². The van der Waals surface area contributed by atoms with Crippen molar-refractivity contribution in [3.8, 4) is 0 Å². The summed E-state index contributed by atoms with van der Waals surface area (Å²) in [4.78, 5) is 0. The molecule has 2 nitrogen and oxygen atoms in total. The molecule has 0 aromatic heterocycles. The van der Waals surface area contributed by atoms with Crippen LogP contribution in [0.15, 0.2) is 42.5 Å². The van der Waals surface area contributed by atoms with Crippen LogP contribution in [-0.4, -0.2) is 6.61 Å². The van der Waals surface area contributed by atoms with Gasteiger partial charge in [0.05, 0.1) is 11.6 Å². The first-order chi connectivity index (χ1) is 9.70. The van der Waals surface area contributed by atoms with Crippen LogP contribution < -0.4 is 5.32 Å². The topological polar surface area (TPSA) is 21.3 Å². The summed E-state index contributed by atoms with van der Waals surface area (Å²) in [6.45, 7) is 3.81. The van der Waals surface area contributed by atoms with Gasteiger partial charge in [-0.25, -0.2) is 4.39 Å². The average molecular weight is 294 g/mol. The van der Waals surface area contributed by atoms with Crippen molar-refractivity contribution < 1.29 is 9.13 Å². The van der Waals surface area contributed by atoms with Crippen LogP contribution in [-0.2, 0) is 17.9 Å². The van der Waals surface area contributed by atoms with Crippen LogP contribution >= 0.6 is 11.6 Å². The molecule has 2 rings (SSSR count). The number of ether oxygens (including phenoxy) is 1. The molecule has 106 valence electrons. The zero-order chi connectivity index (χ0) is 14.4. The van der Waals surface area contributed by atoms with E-state index in [2.05, 4.69) is 5.32 Å². The second-order valence-corrected chi connectivity index (χ2v) is 4.80. The van der Waals surface area contributed by atoms with E-state index in [4.69, 9.17) is 16.3 Å². The smallest absolute Gasteiger partial charge is 0.141 e. The predicted molar refractivity (Wildman–Crippen MR) is 80.5 cm³/mol. The molecule has 0 saturated carbocycles. The number of hydrogen-bond acceptors (Lipinski definition) is 2. The van der Waals surface area contributed by atoms with E-state index in [0.29, 0.717) is 19.8 Å². The Labute approximate surface area is 123 Å². The minimum atomic E-state index is -0.396. The molecule has 0 bridgehead atoms. The first-order valence-electron chi connectivity index (χ1n) is 6.54. The number of rotatable bonds is 6. The Bertz CT molecular complexity index is 574. The third-order valence-electron chi connectivity index (χ3n) is 2.95. The Kier molecular flexibility index (Phi) is 5.39. The molecule has 0 unspecified atom stereocenters. The number of para-hydroxylation sites is 1. The molecule has 0 fully saturated rings. The maximum Gasteiger partial charge on any atom is 0.141 e. The van der Waals surface area contributed by atoms with Gasteiger partial charge in [0.25, 0.3) is 0 Å². The highest BCUT2D eigenvalue weighted by Gasteiger charge is 2.03. The summed E-state index contributed by atoms with van der Waals surface area (Å²) in [6, 6.07) is 12.7. The number of hydrogen-bond donors (Lipinski definition) is 1. The molecule has 0 atom stereocenters. The standard InChI is InChI=1S/C16H17ClFNO/c1-2-20-11-13-5-3-4-6-16(13)19-10-12-7-8-15(18)14(17)9-12/h3-9,19H,2,10-11H2,1H3. The van der Waals surface area contributed by atoms with Crippen molar-refractivity contribution in [3.63, 3.8) is 0 Å². The molecular formula is C16H17ClFNO. The zero-order valence-electron chi connectivity index (χ0n) is 11.3. The van der Waals surface area contributed by atoms with Gasteiger partial charge in [-0.05, 0) is 30.7 Å². The molecule has 0 saturated heterocycles. The van der Waals surface area contributed by atoms with Crippen molar-refractivity contribution in [2.24, 2.45) is 0 Å². The highest BCUT2D eigenvalue weighted by molar-refractivity contribution is 6.30. The highest BCUT2D eigenvalue weighted by Crippen LogP contribution is 2.19. The molecular weight excluding hydrogens is 277 g/mol. The Morgan fingerprint density at radius 2 is 2.00 bits per heavy atom. The normalized spacial score (nSPS) is 10.6. The maximum absolute atomic E-state index is 13.1. The van der Waals surface area contributed by atoms with Gasteiger partial charge in [0, 0.05) is 24.4 Å². The van der Waals surface area contributed by atoms with Gasteiger partial charge in [-0.3, -0.25) is 0 Å². The first kappa shape index (κ1) is 14.8. The molecule has 2 aromatic rings. The molecule has 0 aliphatic rings. The van der Waals surface area contributed by atoms with E-state index in [0.717, 1.165) is 16.8 Å². The lowest BCUT2D eigenvalue weighted by Gasteiger charge is -2.12. The fourth-order valence-electron chi connectivity index (χ4n) is 1.88. The van der Waals surface area contributed by atoms with E-state index in [1.54, 1.807) is 12.1 Å². The van der Waals surface area contributed by atoms with Crippen LogP contribution in [0.3, 0.4) is 0 Å². The molecule has 0 spiro atoms. The Hall–Kier alpha value is -1.58. The van der Waals surface area contributed by atoms with Gasteiger partial charge in [0.1, 0.15) is 5.82 Å². The summed E-state index contributed by atoms with van der Waals surface area (Å²) in [5, 5.41) is 3.47. The Morgan fingerprint density at radius 1 is 1.20 bits per heavy atom. The minimum Gasteiger partial charge on any atom is -0.381 e. The van der Waals surface area contributed by atoms with E-state index in [1.807, 2.05) is 31.2 Å². The molecule has 0 radical (unpaired) electrons.